The van der Waals surface area contributed by atoms with Crippen LogP contribution in [0, 0.1) is 5.92 Å². The molecule has 3 aliphatic heterocycles. The van der Waals surface area contributed by atoms with Gasteiger partial charge in [-0.1, -0.05) is 12.1 Å². The second kappa shape index (κ2) is 8.88. The van der Waals surface area contributed by atoms with Gasteiger partial charge in [0.1, 0.15) is 6.10 Å². The fourth-order valence-corrected chi connectivity index (χ4v) is 7.71. The van der Waals surface area contributed by atoms with E-state index in [0.29, 0.717) is 47.2 Å². The van der Waals surface area contributed by atoms with Crippen LogP contribution in [0.2, 0.25) is 0 Å². The van der Waals surface area contributed by atoms with Crippen LogP contribution in [0.4, 0.5) is 0 Å². The minimum absolute atomic E-state index is 0.0520. The first-order valence-corrected chi connectivity index (χ1v) is 14.5. The van der Waals surface area contributed by atoms with Crippen LogP contribution in [0.3, 0.4) is 0 Å². The lowest BCUT2D eigenvalue weighted by molar-refractivity contribution is -0.146. The maximum absolute atomic E-state index is 13.6. The van der Waals surface area contributed by atoms with Crippen molar-refractivity contribution >= 4 is 11.5 Å². The summed E-state index contributed by atoms with van der Waals surface area (Å²) in [4.78, 5) is 16.1. The zero-order valence-corrected chi connectivity index (χ0v) is 23.6. The molecule has 40 heavy (non-hydrogen) atoms. The van der Waals surface area contributed by atoms with Crippen molar-refractivity contribution < 1.29 is 29.2 Å². The number of rotatable bonds is 6. The van der Waals surface area contributed by atoms with Crippen LogP contribution in [-0.2, 0) is 16.6 Å². The van der Waals surface area contributed by atoms with Gasteiger partial charge in [0.15, 0.2) is 23.0 Å². The van der Waals surface area contributed by atoms with Crippen LogP contribution in [0.15, 0.2) is 35.9 Å². The topological polar surface area (TPSA) is 100 Å². The summed E-state index contributed by atoms with van der Waals surface area (Å²) in [6, 6.07) is 9.21. The molecule has 2 bridgehead atoms. The second-order valence-corrected chi connectivity index (χ2v) is 12.7. The quantitative estimate of drug-likeness (QED) is 0.473. The predicted octanol–water partition coefficient (Wildman–Crippen LogP) is 3.91. The van der Waals surface area contributed by atoms with Gasteiger partial charge in [-0.05, 0) is 95.2 Å². The Kier molecular flexibility index (Phi) is 5.71. The Morgan fingerprint density at radius 1 is 1.18 bits per heavy atom. The number of phenols is 1. The minimum atomic E-state index is -1.17. The molecule has 3 N–H and O–H groups in total. The van der Waals surface area contributed by atoms with Crippen molar-refractivity contribution in [1.29, 1.82) is 0 Å². The Balaban J connectivity index is 1.44. The Labute approximate surface area is 234 Å². The molecule has 2 aliphatic carbocycles. The summed E-state index contributed by atoms with van der Waals surface area (Å²) < 4.78 is 18.1. The third kappa shape index (κ3) is 3.61. The van der Waals surface area contributed by atoms with Crippen molar-refractivity contribution in [1.82, 2.24) is 10.2 Å². The molecule has 2 fully saturated rings. The lowest BCUT2D eigenvalue weighted by Crippen LogP contribution is -2.73. The molecule has 7 rings (SSSR count). The Bertz CT molecular complexity index is 1430. The molecule has 0 aromatic heterocycles. The van der Waals surface area contributed by atoms with Gasteiger partial charge in [-0.2, -0.15) is 0 Å². The van der Waals surface area contributed by atoms with Gasteiger partial charge in [0.25, 0.3) is 0 Å². The number of nitrogens with one attached hydrogen (secondary N) is 1. The lowest BCUT2D eigenvalue weighted by atomic mass is 9.52. The van der Waals surface area contributed by atoms with E-state index < -0.39 is 17.1 Å². The van der Waals surface area contributed by atoms with E-state index >= 15 is 0 Å². The van der Waals surface area contributed by atoms with E-state index in [0.717, 1.165) is 29.8 Å². The van der Waals surface area contributed by atoms with Crippen LogP contribution in [0.5, 0.6) is 23.0 Å². The van der Waals surface area contributed by atoms with Crippen molar-refractivity contribution in [3.05, 3.63) is 52.6 Å². The van der Waals surface area contributed by atoms with Gasteiger partial charge in [0.2, 0.25) is 12.7 Å². The predicted molar refractivity (Wildman–Crippen MR) is 150 cm³/mol. The number of likely N-dealkylation sites (tertiary alicyclic amines) is 1. The van der Waals surface area contributed by atoms with E-state index in [-0.39, 0.29) is 30.5 Å². The summed E-state index contributed by atoms with van der Waals surface area (Å²) in [5.41, 5.74) is 1.93. The van der Waals surface area contributed by atoms with Gasteiger partial charge in [0.05, 0.1) is 11.0 Å². The maximum Gasteiger partial charge on any atom is 0.247 e. The number of phenolic OH excluding ortho intramolecular Hbond substituents is 1. The summed E-state index contributed by atoms with van der Waals surface area (Å²) in [5, 5.41) is 26.8. The minimum Gasteiger partial charge on any atom is -0.504 e. The molecular weight excluding hydrogens is 508 g/mol. The highest BCUT2D eigenvalue weighted by atomic mass is 16.7. The first-order chi connectivity index (χ1) is 19.1. The SMILES string of the molecule is C/C(C(=O)NC(C)C)=C(/c1ccc2c(c1)OCO2)[C@@H]1Oc2c(O)ccc3c2[C@@]12CCN(CC1CC1)[C@H](C3)[C@@]2(C)O. The molecule has 1 spiro atoms. The standard InChI is InChI=1S/C32H38N2O6/c1-17(2)33-30(36)18(3)26(20-8-10-23-24(13-20)39-16-38-23)29-32-11-12-34(15-19-5-6-19)25(31(32,4)37)14-21-7-9-22(35)28(40-29)27(21)32/h7-10,13,17,19,25,29,35,37H,5-6,11-12,14-16H2,1-4H3,(H,33,36)/b26-18+/t25-,29+,31-,32+/m1/s1. The van der Waals surface area contributed by atoms with Crippen molar-refractivity contribution in [2.24, 2.45) is 5.92 Å². The van der Waals surface area contributed by atoms with Crippen molar-refractivity contribution in [3.8, 4) is 23.0 Å². The normalized spacial score (nSPS) is 30.6. The smallest absolute Gasteiger partial charge is 0.247 e. The van der Waals surface area contributed by atoms with Gasteiger partial charge in [-0.15, -0.1) is 0 Å². The average Bonchev–Trinajstić information content (AvgIpc) is 3.47. The number of aliphatic hydroxyl groups is 1. The highest BCUT2D eigenvalue weighted by Gasteiger charge is 2.69. The van der Waals surface area contributed by atoms with Crippen molar-refractivity contribution in [2.45, 2.75) is 82.6 Å². The van der Waals surface area contributed by atoms with E-state index in [1.54, 1.807) is 6.07 Å². The lowest BCUT2D eigenvalue weighted by Gasteiger charge is -2.60. The number of fused-ring (bicyclic) bond motifs is 2. The highest BCUT2D eigenvalue weighted by molar-refractivity contribution is 6.02. The van der Waals surface area contributed by atoms with Crippen LogP contribution in [-0.4, -0.2) is 64.7 Å². The van der Waals surface area contributed by atoms with E-state index in [1.165, 1.54) is 12.8 Å². The molecule has 8 nitrogen and oxygen atoms in total. The van der Waals surface area contributed by atoms with Crippen LogP contribution in [0.25, 0.3) is 5.57 Å². The molecule has 2 aromatic rings. The molecule has 0 unspecified atom stereocenters. The Hall–Kier alpha value is -3.23. The van der Waals surface area contributed by atoms with E-state index in [2.05, 4.69) is 10.2 Å². The summed E-state index contributed by atoms with van der Waals surface area (Å²) in [6.45, 7) is 9.57. The summed E-state index contributed by atoms with van der Waals surface area (Å²) in [5.74, 6) is 2.25. The fraction of sp³-hybridized carbons (Fsp3) is 0.531. The van der Waals surface area contributed by atoms with E-state index in [9.17, 15) is 15.0 Å². The van der Waals surface area contributed by atoms with Crippen molar-refractivity contribution in [2.75, 3.05) is 19.9 Å². The van der Waals surface area contributed by atoms with Gasteiger partial charge in [0, 0.05) is 35.3 Å². The van der Waals surface area contributed by atoms with Gasteiger partial charge >= 0.3 is 0 Å². The number of hydrogen-bond donors (Lipinski definition) is 3. The monoisotopic (exact) mass is 546 g/mol. The number of nitrogens with zero attached hydrogens (tertiary/aromatic N) is 1. The highest BCUT2D eigenvalue weighted by Crippen LogP contribution is 2.64. The first-order valence-electron chi connectivity index (χ1n) is 14.5. The Morgan fingerprint density at radius 2 is 1.95 bits per heavy atom. The average molecular weight is 547 g/mol. The fourth-order valence-electron chi connectivity index (χ4n) is 7.71. The van der Waals surface area contributed by atoms with Crippen molar-refractivity contribution in [3.63, 3.8) is 0 Å². The zero-order chi connectivity index (χ0) is 28.0. The number of ether oxygens (including phenoxy) is 3. The zero-order valence-electron chi connectivity index (χ0n) is 23.6. The van der Waals surface area contributed by atoms with Gasteiger partial charge < -0.3 is 29.7 Å². The van der Waals surface area contributed by atoms with Crippen LogP contribution >= 0.6 is 0 Å². The molecule has 3 heterocycles. The molecule has 1 amide bonds. The maximum atomic E-state index is 13.6. The molecule has 1 saturated carbocycles. The molecule has 0 radical (unpaired) electrons. The number of carbonyl (C=O) groups is 1. The number of piperidine rings is 1. The summed E-state index contributed by atoms with van der Waals surface area (Å²) in [6.07, 6.45) is 3.13. The Morgan fingerprint density at radius 3 is 2.70 bits per heavy atom. The number of aromatic hydroxyl groups is 1. The third-order valence-corrected chi connectivity index (χ3v) is 9.85. The molecule has 212 valence electrons. The van der Waals surface area contributed by atoms with E-state index in [4.69, 9.17) is 14.2 Å². The molecule has 8 heteroatoms. The van der Waals surface area contributed by atoms with Crippen LogP contribution < -0.4 is 19.5 Å². The van der Waals surface area contributed by atoms with Gasteiger partial charge in [-0.3, -0.25) is 9.69 Å². The summed E-state index contributed by atoms with van der Waals surface area (Å²) in [7, 11) is 0. The number of hydrogen-bond acceptors (Lipinski definition) is 7. The largest absolute Gasteiger partial charge is 0.504 e. The molecule has 1 saturated heterocycles. The molecule has 5 aliphatic rings. The van der Waals surface area contributed by atoms with Crippen LogP contribution in [0.1, 0.15) is 63.6 Å². The number of benzene rings is 2. The molecule has 2 aromatic carbocycles. The van der Waals surface area contributed by atoms with Gasteiger partial charge in [-0.25, -0.2) is 0 Å². The summed E-state index contributed by atoms with van der Waals surface area (Å²) >= 11 is 0. The van der Waals surface area contributed by atoms with E-state index in [1.807, 2.05) is 52.0 Å². The molecule has 4 atom stereocenters. The molecular formula is C32H38N2O6. The second-order valence-electron chi connectivity index (χ2n) is 12.7. The first kappa shape index (κ1) is 25.7. The number of amides is 1. The number of carbonyl (C=O) groups excluding carboxylic acids is 1. The third-order valence-electron chi connectivity index (χ3n) is 9.85.